The lowest BCUT2D eigenvalue weighted by Crippen LogP contribution is -2.40. The first-order chi connectivity index (χ1) is 12.6. The highest BCUT2D eigenvalue weighted by atomic mass is 16.6. The van der Waals surface area contributed by atoms with E-state index in [1.54, 1.807) is 12.0 Å². The van der Waals surface area contributed by atoms with E-state index in [1.807, 2.05) is 43.3 Å². The molecule has 138 valence electrons. The second-order valence-electron chi connectivity index (χ2n) is 7.04. The number of esters is 1. The summed E-state index contributed by atoms with van der Waals surface area (Å²) in [5.74, 6) is -0.765. The van der Waals surface area contributed by atoms with Crippen molar-refractivity contribution in [1.29, 1.82) is 0 Å². The number of unbranched alkanes of at least 4 members (excludes halogenated alkanes) is 1. The lowest BCUT2D eigenvalue weighted by molar-refractivity contribution is -0.152. The van der Waals surface area contributed by atoms with Gasteiger partial charge in [-0.05, 0) is 30.7 Å². The van der Waals surface area contributed by atoms with E-state index >= 15 is 0 Å². The Balaban J connectivity index is 1.57. The summed E-state index contributed by atoms with van der Waals surface area (Å²) in [7, 11) is 1.60. The molecule has 2 fully saturated rings. The molecule has 3 heterocycles. The molecule has 3 aliphatic rings. The Morgan fingerprint density at radius 1 is 1.35 bits per heavy atom. The molecule has 1 aromatic carbocycles. The molecule has 6 nitrogen and oxygen atoms in total. The van der Waals surface area contributed by atoms with Crippen LogP contribution in [0.25, 0.3) is 0 Å². The highest BCUT2D eigenvalue weighted by Crippen LogP contribution is 2.52. The van der Waals surface area contributed by atoms with Gasteiger partial charge in [0.05, 0.1) is 32.3 Å². The molecule has 0 radical (unpaired) electrons. The SMILES string of the molecule is CCCCOC(=O)[C@@H]1[C@H]2C(=O)N(c3ccc(OC)cc3)C[C@]23C=C[C@H]1O3. The third kappa shape index (κ3) is 2.51. The van der Waals surface area contributed by atoms with Crippen molar-refractivity contribution in [3.8, 4) is 5.75 Å². The van der Waals surface area contributed by atoms with Gasteiger partial charge in [-0.3, -0.25) is 9.59 Å². The van der Waals surface area contributed by atoms with Crippen LogP contribution in [0.15, 0.2) is 36.4 Å². The number of nitrogens with zero attached hydrogens (tertiary/aromatic N) is 1. The van der Waals surface area contributed by atoms with Crippen molar-refractivity contribution in [2.45, 2.75) is 31.5 Å². The molecule has 2 saturated heterocycles. The Hall–Kier alpha value is -2.34. The minimum absolute atomic E-state index is 0.0838. The fourth-order valence-electron chi connectivity index (χ4n) is 4.16. The smallest absolute Gasteiger partial charge is 0.312 e. The zero-order valence-corrected chi connectivity index (χ0v) is 15.0. The Labute approximate surface area is 152 Å². The van der Waals surface area contributed by atoms with Crippen LogP contribution in [0.2, 0.25) is 0 Å². The number of anilines is 1. The molecule has 1 amide bonds. The minimum atomic E-state index is -0.726. The molecule has 0 aromatic heterocycles. The molecule has 6 heteroatoms. The van der Waals surface area contributed by atoms with Crippen LogP contribution < -0.4 is 9.64 Å². The summed E-state index contributed by atoms with van der Waals surface area (Å²) < 4.78 is 16.7. The number of carbonyl (C=O) groups is 2. The van der Waals surface area contributed by atoms with Crippen molar-refractivity contribution < 1.29 is 23.8 Å². The molecule has 4 atom stereocenters. The fraction of sp³-hybridized carbons (Fsp3) is 0.500. The number of carbonyl (C=O) groups excluding carboxylic acids is 2. The Morgan fingerprint density at radius 3 is 2.81 bits per heavy atom. The first-order valence-corrected chi connectivity index (χ1v) is 9.09. The van der Waals surface area contributed by atoms with Crippen LogP contribution in [0.1, 0.15) is 19.8 Å². The number of methoxy groups -OCH3 is 1. The van der Waals surface area contributed by atoms with Gasteiger partial charge in [-0.2, -0.15) is 0 Å². The van der Waals surface area contributed by atoms with Crippen LogP contribution in [0.4, 0.5) is 5.69 Å². The maximum absolute atomic E-state index is 13.1. The van der Waals surface area contributed by atoms with E-state index in [9.17, 15) is 9.59 Å². The monoisotopic (exact) mass is 357 g/mol. The van der Waals surface area contributed by atoms with Crippen LogP contribution >= 0.6 is 0 Å². The maximum atomic E-state index is 13.1. The summed E-state index contributed by atoms with van der Waals surface area (Å²) in [5, 5.41) is 0. The second kappa shape index (κ2) is 6.43. The van der Waals surface area contributed by atoms with E-state index in [2.05, 4.69) is 0 Å². The Bertz CT molecular complexity index is 743. The van der Waals surface area contributed by atoms with Gasteiger partial charge in [0.2, 0.25) is 5.91 Å². The van der Waals surface area contributed by atoms with E-state index in [1.165, 1.54) is 0 Å². The summed E-state index contributed by atoms with van der Waals surface area (Å²) in [6.45, 7) is 2.84. The molecule has 1 aromatic rings. The van der Waals surface area contributed by atoms with Gasteiger partial charge in [0, 0.05) is 5.69 Å². The van der Waals surface area contributed by atoms with Crippen molar-refractivity contribution in [1.82, 2.24) is 0 Å². The number of hydrogen-bond acceptors (Lipinski definition) is 5. The van der Waals surface area contributed by atoms with Gasteiger partial charge in [0.15, 0.2) is 0 Å². The zero-order valence-electron chi connectivity index (χ0n) is 15.0. The number of ether oxygens (including phenoxy) is 3. The maximum Gasteiger partial charge on any atom is 0.312 e. The van der Waals surface area contributed by atoms with E-state index in [0.29, 0.717) is 13.2 Å². The number of amides is 1. The van der Waals surface area contributed by atoms with E-state index in [4.69, 9.17) is 14.2 Å². The van der Waals surface area contributed by atoms with Gasteiger partial charge in [0.1, 0.15) is 17.3 Å². The van der Waals surface area contributed by atoms with Crippen molar-refractivity contribution in [2.75, 3.05) is 25.2 Å². The van der Waals surface area contributed by atoms with Crippen molar-refractivity contribution in [3.63, 3.8) is 0 Å². The number of benzene rings is 1. The molecule has 2 bridgehead atoms. The molecule has 0 N–H and O–H groups in total. The van der Waals surface area contributed by atoms with Gasteiger partial charge in [0.25, 0.3) is 0 Å². The summed E-state index contributed by atoms with van der Waals surface area (Å²) in [4.78, 5) is 27.4. The van der Waals surface area contributed by atoms with Gasteiger partial charge in [-0.1, -0.05) is 25.5 Å². The molecule has 26 heavy (non-hydrogen) atoms. The topological polar surface area (TPSA) is 65.1 Å². The Morgan fingerprint density at radius 2 is 2.12 bits per heavy atom. The van der Waals surface area contributed by atoms with Crippen molar-refractivity contribution >= 4 is 17.6 Å². The van der Waals surface area contributed by atoms with Crippen LogP contribution in [-0.4, -0.2) is 43.8 Å². The fourth-order valence-corrected chi connectivity index (χ4v) is 4.16. The van der Waals surface area contributed by atoms with Crippen LogP contribution in [0, 0.1) is 11.8 Å². The molecule has 0 aliphatic carbocycles. The predicted molar refractivity (Wildman–Crippen MR) is 94.9 cm³/mol. The third-order valence-electron chi connectivity index (χ3n) is 5.50. The largest absolute Gasteiger partial charge is 0.497 e. The quantitative estimate of drug-likeness (QED) is 0.444. The second-order valence-corrected chi connectivity index (χ2v) is 7.04. The normalized spacial score (nSPS) is 31.4. The number of rotatable bonds is 6. The summed E-state index contributed by atoms with van der Waals surface area (Å²) >= 11 is 0. The van der Waals surface area contributed by atoms with Gasteiger partial charge >= 0.3 is 5.97 Å². The molecule has 0 saturated carbocycles. The zero-order chi connectivity index (χ0) is 18.3. The minimum Gasteiger partial charge on any atom is -0.497 e. The average Bonchev–Trinajstić information content (AvgIpc) is 3.30. The summed E-state index contributed by atoms with van der Waals surface area (Å²) in [5.41, 5.74) is 0.0500. The summed E-state index contributed by atoms with van der Waals surface area (Å²) in [6, 6.07) is 7.33. The molecule has 0 unspecified atom stereocenters. The van der Waals surface area contributed by atoms with Crippen LogP contribution in [0.5, 0.6) is 5.75 Å². The third-order valence-corrected chi connectivity index (χ3v) is 5.50. The highest BCUT2D eigenvalue weighted by Gasteiger charge is 2.67. The predicted octanol–water partition coefficient (Wildman–Crippen LogP) is 2.32. The van der Waals surface area contributed by atoms with Gasteiger partial charge in [-0.15, -0.1) is 0 Å². The van der Waals surface area contributed by atoms with E-state index in [0.717, 1.165) is 24.3 Å². The lowest BCUT2D eigenvalue weighted by Gasteiger charge is -2.22. The molecule has 1 spiro atoms. The standard InChI is InChI=1S/C20H23NO5/c1-3-4-11-25-19(23)16-15-9-10-20(26-15)12-21(18(22)17(16)20)13-5-7-14(24-2)8-6-13/h5-10,15-17H,3-4,11-12H2,1-2H3/t15-,16+,17+,20-/m1/s1. The van der Waals surface area contributed by atoms with Crippen molar-refractivity contribution in [3.05, 3.63) is 36.4 Å². The molecule has 3 aliphatic heterocycles. The van der Waals surface area contributed by atoms with Crippen LogP contribution in [0.3, 0.4) is 0 Å². The van der Waals surface area contributed by atoms with Crippen molar-refractivity contribution in [2.24, 2.45) is 11.8 Å². The Kier molecular flexibility index (Phi) is 4.23. The molecular weight excluding hydrogens is 334 g/mol. The van der Waals surface area contributed by atoms with Crippen LogP contribution in [-0.2, 0) is 19.1 Å². The van der Waals surface area contributed by atoms with E-state index in [-0.39, 0.29) is 18.0 Å². The number of hydrogen-bond donors (Lipinski definition) is 0. The lowest BCUT2D eigenvalue weighted by atomic mass is 9.77. The van der Waals surface area contributed by atoms with Gasteiger partial charge < -0.3 is 19.1 Å². The first-order valence-electron chi connectivity index (χ1n) is 9.09. The summed E-state index contributed by atoms with van der Waals surface area (Å²) in [6.07, 6.45) is 5.25. The average molecular weight is 357 g/mol. The first kappa shape index (κ1) is 17.1. The molecule has 4 rings (SSSR count). The highest BCUT2D eigenvalue weighted by molar-refractivity contribution is 6.02. The van der Waals surface area contributed by atoms with E-state index < -0.39 is 17.4 Å². The molecular formula is C20H23NO5. The van der Waals surface area contributed by atoms with Gasteiger partial charge in [-0.25, -0.2) is 0 Å². The number of fused-ring (bicyclic) bond motifs is 1.